The smallest absolute Gasteiger partial charge is 0.343 e. The van der Waals surface area contributed by atoms with E-state index in [9.17, 15) is 14.0 Å². The van der Waals surface area contributed by atoms with Gasteiger partial charge in [0.05, 0.1) is 18.1 Å². The molecule has 1 saturated heterocycles. The molecule has 7 heteroatoms. The number of carbonyl (C=O) groups is 2. The van der Waals surface area contributed by atoms with Crippen LogP contribution in [0.4, 0.5) is 4.39 Å². The lowest BCUT2D eigenvalue weighted by Crippen LogP contribution is -2.22. The lowest BCUT2D eigenvalue weighted by molar-refractivity contribution is -0.142. The van der Waals surface area contributed by atoms with Gasteiger partial charge in [-0.15, -0.1) is 0 Å². The zero-order valence-electron chi connectivity index (χ0n) is 22.7. The molecule has 1 heterocycles. The Kier molecular flexibility index (Phi) is 10.7. The van der Waals surface area contributed by atoms with E-state index < -0.39 is 19.9 Å². The van der Waals surface area contributed by atoms with Crippen molar-refractivity contribution in [3.63, 3.8) is 0 Å². The summed E-state index contributed by atoms with van der Waals surface area (Å²) in [7, 11) is -1.19. The van der Waals surface area contributed by atoms with Gasteiger partial charge in [-0.2, -0.15) is 0 Å². The molecule has 0 saturated carbocycles. The number of rotatable bonds is 14. The minimum absolute atomic E-state index is 0.0330. The van der Waals surface area contributed by atoms with Crippen LogP contribution in [0.1, 0.15) is 80.1 Å². The molecule has 0 aliphatic carbocycles. The van der Waals surface area contributed by atoms with Gasteiger partial charge in [-0.3, -0.25) is 4.79 Å². The molecule has 0 unspecified atom stereocenters. The van der Waals surface area contributed by atoms with Crippen LogP contribution in [0.5, 0.6) is 11.5 Å². The molecule has 1 aliphatic rings. The normalized spacial score (nSPS) is 17.5. The average Bonchev–Trinajstić information content (AvgIpc) is 3.23. The third kappa shape index (κ3) is 9.29. The van der Waals surface area contributed by atoms with Crippen molar-refractivity contribution in [1.82, 2.24) is 0 Å². The summed E-state index contributed by atoms with van der Waals surface area (Å²) in [5.74, 6) is -1.26. The molecular weight excluding hydrogens is 487 g/mol. The second-order valence-electron chi connectivity index (χ2n) is 11.2. The fourth-order valence-corrected chi connectivity index (χ4v) is 5.63. The van der Waals surface area contributed by atoms with Crippen molar-refractivity contribution in [1.29, 1.82) is 0 Å². The largest absolute Gasteiger partial charge is 0.491 e. The summed E-state index contributed by atoms with van der Waals surface area (Å²) in [6.45, 7) is 9.58. The number of hydrogen-bond donors (Lipinski definition) is 0. The lowest BCUT2D eigenvalue weighted by atomic mass is 9.95. The van der Waals surface area contributed by atoms with Crippen LogP contribution in [0.15, 0.2) is 42.5 Å². The Labute approximate surface area is 221 Å². The van der Waals surface area contributed by atoms with E-state index in [2.05, 4.69) is 26.6 Å². The van der Waals surface area contributed by atoms with E-state index in [0.717, 1.165) is 43.4 Å². The molecule has 37 heavy (non-hydrogen) atoms. The Bertz CT molecular complexity index is 1030. The molecule has 1 fully saturated rings. The summed E-state index contributed by atoms with van der Waals surface area (Å²) in [6, 6.07) is 12.1. The summed E-state index contributed by atoms with van der Waals surface area (Å²) < 4.78 is 31.0. The molecule has 0 radical (unpaired) electrons. The number of hydrogen-bond acceptors (Lipinski definition) is 5. The molecule has 0 bridgehead atoms. The van der Waals surface area contributed by atoms with Crippen molar-refractivity contribution in [3.8, 4) is 11.5 Å². The zero-order chi connectivity index (χ0) is 26.8. The van der Waals surface area contributed by atoms with Crippen LogP contribution in [-0.2, 0) is 9.53 Å². The molecule has 2 aromatic carbocycles. The molecule has 0 aromatic heterocycles. The maximum Gasteiger partial charge on any atom is 0.343 e. The number of cyclic esters (lactones) is 1. The first kappa shape index (κ1) is 28.9. The first-order valence-electron chi connectivity index (χ1n) is 13.6. The van der Waals surface area contributed by atoms with Gasteiger partial charge in [-0.25, -0.2) is 9.18 Å². The summed E-state index contributed by atoms with van der Waals surface area (Å²) in [5.41, 5.74) is 0.955. The number of carbonyl (C=O) groups excluding carboxylic acids is 2. The number of benzene rings is 2. The first-order valence-corrected chi connectivity index (χ1v) is 17.3. The monoisotopic (exact) mass is 528 g/mol. The minimum Gasteiger partial charge on any atom is -0.491 e. The Morgan fingerprint density at radius 2 is 1.73 bits per heavy atom. The van der Waals surface area contributed by atoms with Gasteiger partial charge in [-0.05, 0) is 48.7 Å². The second-order valence-corrected chi connectivity index (χ2v) is 16.8. The predicted molar refractivity (Wildman–Crippen MR) is 147 cm³/mol. The van der Waals surface area contributed by atoms with Gasteiger partial charge in [0.1, 0.15) is 11.9 Å². The molecule has 3 rings (SSSR count). The van der Waals surface area contributed by atoms with Gasteiger partial charge in [-0.1, -0.05) is 76.8 Å². The summed E-state index contributed by atoms with van der Waals surface area (Å²) in [4.78, 5) is 25.0. The molecular formula is C30H41FO5Si. The first-order chi connectivity index (χ1) is 17.7. The standard InChI is InChI=1S/C30H41FO5Si/c1-5-6-7-8-9-10-18-34-28-16-13-23(20-27(28)31)29(32)35-24-14-11-22(12-15-24)26-21-25(36-30(26)33)17-19-37(2,3)4/h11-16,20,25-26H,5-10,17-19,21H2,1-4H3/t25-,26+/m1/s1. The highest BCUT2D eigenvalue weighted by Crippen LogP contribution is 2.34. The van der Waals surface area contributed by atoms with E-state index in [4.69, 9.17) is 14.2 Å². The minimum atomic E-state index is -1.19. The fraction of sp³-hybridized carbons (Fsp3) is 0.533. The van der Waals surface area contributed by atoms with Crippen LogP contribution in [-0.4, -0.2) is 32.7 Å². The van der Waals surface area contributed by atoms with Crippen molar-refractivity contribution in [2.45, 2.75) is 96.0 Å². The van der Waals surface area contributed by atoms with Crippen LogP contribution in [0.3, 0.4) is 0 Å². The predicted octanol–water partition coefficient (Wildman–Crippen LogP) is 7.91. The molecule has 0 amide bonds. The average molecular weight is 529 g/mol. The van der Waals surface area contributed by atoms with E-state index in [-0.39, 0.29) is 29.3 Å². The molecule has 2 aromatic rings. The highest BCUT2D eigenvalue weighted by atomic mass is 28.3. The maximum absolute atomic E-state index is 14.5. The summed E-state index contributed by atoms with van der Waals surface area (Å²) in [6.07, 6.45) is 8.32. The Morgan fingerprint density at radius 1 is 1.03 bits per heavy atom. The highest BCUT2D eigenvalue weighted by Gasteiger charge is 2.36. The molecule has 0 spiro atoms. The topological polar surface area (TPSA) is 61.8 Å². The van der Waals surface area contributed by atoms with Gasteiger partial charge >= 0.3 is 11.9 Å². The van der Waals surface area contributed by atoms with Gasteiger partial charge < -0.3 is 14.2 Å². The highest BCUT2D eigenvalue weighted by molar-refractivity contribution is 6.76. The molecule has 202 valence electrons. The molecule has 0 N–H and O–H groups in total. The van der Waals surface area contributed by atoms with E-state index in [0.29, 0.717) is 18.8 Å². The van der Waals surface area contributed by atoms with E-state index >= 15 is 0 Å². The number of ether oxygens (including phenoxy) is 3. The Morgan fingerprint density at radius 3 is 2.41 bits per heavy atom. The fourth-order valence-electron chi connectivity index (χ4n) is 4.44. The van der Waals surface area contributed by atoms with E-state index in [1.807, 2.05) is 0 Å². The maximum atomic E-state index is 14.5. The van der Waals surface area contributed by atoms with Gasteiger partial charge in [0, 0.05) is 14.5 Å². The zero-order valence-corrected chi connectivity index (χ0v) is 23.7. The van der Waals surface area contributed by atoms with E-state index in [1.54, 1.807) is 24.3 Å². The number of halogens is 1. The third-order valence-electron chi connectivity index (χ3n) is 6.70. The van der Waals surface area contributed by atoms with Gasteiger partial charge in [0.15, 0.2) is 11.6 Å². The van der Waals surface area contributed by atoms with Crippen LogP contribution in [0.2, 0.25) is 25.7 Å². The Balaban J connectivity index is 1.49. The quantitative estimate of drug-likeness (QED) is 0.108. The molecule has 2 atom stereocenters. The summed E-state index contributed by atoms with van der Waals surface area (Å²) >= 11 is 0. The van der Waals surface area contributed by atoms with Crippen LogP contribution in [0.25, 0.3) is 0 Å². The third-order valence-corrected chi connectivity index (χ3v) is 8.49. The number of unbranched alkanes of at least 4 members (excludes halogenated alkanes) is 5. The molecule has 1 aliphatic heterocycles. The molecule has 5 nitrogen and oxygen atoms in total. The summed E-state index contributed by atoms with van der Waals surface area (Å²) in [5, 5.41) is 0. The van der Waals surface area contributed by atoms with Crippen LogP contribution >= 0.6 is 0 Å². The van der Waals surface area contributed by atoms with Crippen molar-refractivity contribution >= 4 is 20.0 Å². The van der Waals surface area contributed by atoms with Crippen LogP contribution in [0, 0.1) is 5.82 Å². The van der Waals surface area contributed by atoms with E-state index in [1.165, 1.54) is 31.4 Å². The van der Waals surface area contributed by atoms with Crippen molar-refractivity contribution in [2.24, 2.45) is 0 Å². The lowest BCUT2D eigenvalue weighted by Gasteiger charge is -2.17. The second kappa shape index (κ2) is 13.8. The Hall–Kier alpha value is -2.67. The van der Waals surface area contributed by atoms with Gasteiger partial charge in [0.25, 0.3) is 0 Å². The SMILES string of the molecule is CCCCCCCCOc1ccc(C(=O)Oc2ccc([C@@H]3C[C@@H](CC[Si](C)(C)C)OC3=O)cc2)cc1F. The van der Waals surface area contributed by atoms with Crippen LogP contribution < -0.4 is 9.47 Å². The van der Waals surface area contributed by atoms with Crippen molar-refractivity contribution < 1.29 is 28.2 Å². The number of esters is 2. The van der Waals surface area contributed by atoms with Gasteiger partial charge in [0.2, 0.25) is 0 Å². The van der Waals surface area contributed by atoms with Crippen molar-refractivity contribution in [3.05, 3.63) is 59.4 Å². The van der Waals surface area contributed by atoms with Crippen molar-refractivity contribution in [2.75, 3.05) is 6.61 Å².